The molecule has 0 N–H and O–H groups in total. The lowest BCUT2D eigenvalue weighted by atomic mass is 10.1. The van der Waals surface area contributed by atoms with Crippen LogP contribution < -0.4 is 0 Å². The number of terminal acetylenes is 1. The first-order valence-corrected chi connectivity index (χ1v) is 5.42. The fourth-order valence-electron chi connectivity index (χ4n) is 1.15. The highest BCUT2D eigenvalue weighted by Crippen LogP contribution is 2.06. The van der Waals surface area contributed by atoms with Crippen LogP contribution in [0.25, 0.3) is 0 Å². The zero-order valence-electron chi connectivity index (χ0n) is 9.51. The van der Waals surface area contributed by atoms with E-state index in [-0.39, 0.29) is 0 Å². The molecular weight excluding hydrogens is 168 g/mol. The molecular formula is C14H20. The molecule has 76 valence electrons. The van der Waals surface area contributed by atoms with Crippen molar-refractivity contribution in [1.82, 2.24) is 0 Å². The predicted octanol–water partition coefficient (Wildman–Crippen LogP) is 4.04. The highest BCUT2D eigenvalue weighted by atomic mass is 14.0. The number of hydrogen-bond donors (Lipinski definition) is 0. The van der Waals surface area contributed by atoms with Gasteiger partial charge in [-0.15, -0.1) is 6.42 Å². The molecule has 1 rings (SSSR count). The van der Waals surface area contributed by atoms with Crippen LogP contribution in [0.3, 0.4) is 0 Å². The lowest BCUT2D eigenvalue weighted by Crippen LogP contribution is -1.84. The van der Waals surface area contributed by atoms with Gasteiger partial charge in [-0.25, -0.2) is 0 Å². The molecule has 0 aliphatic heterocycles. The first-order valence-electron chi connectivity index (χ1n) is 5.42. The van der Waals surface area contributed by atoms with E-state index in [2.05, 4.69) is 25.0 Å². The van der Waals surface area contributed by atoms with E-state index >= 15 is 0 Å². The molecule has 0 fully saturated rings. The second kappa shape index (κ2) is 8.38. The van der Waals surface area contributed by atoms with Gasteiger partial charge in [0.1, 0.15) is 0 Å². The van der Waals surface area contributed by atoms with Crippen LogP contribution in [0.1, 0.15) is 44.7 Å². The van der Waals surface area contributed by atoms with Crippen molar-refractivity contribution in [1.29, 1.82) is 0 Å². The Balaban J connectivity index is 0.000000791. The molecule has 0 heterocycles. The highest BCUT2D eigenvalue weighted by Gasteiger charge is 1.91. The lowest BCUT2D eigenvalue weighted by molar-refractivity contribution is 0.795. The zero-order chi connectivity index (χ0) is 10.8. The Morgan fingerprint density at radius 3 is 2.14 bits per heavy atom. The molecule has 1 aromatic rings. The van der Waals surface area contributed by atoms with E-state index < -0.39 is 0 Å². The Morgan fingerprint density at radius 2 is 1.71 bits per heavy atom. The normalized spacial score (nSPS) is 8.43. The molecule has 0 nitrogen and oxygen atoms in total. The number of hydrogen-bond acceptors (Lipinski definition) is 0. The third kappa shape index (κ3) is 4.72. The molecule has 0 saturated carbocycles. The lowest BCUT2D eigenvalue weighted by Gasteiger charge is -1.98. The standard InChI is InChI=1S/C12H14.C2H6/c1-3-5-6-12-9-7-11(4-2)8-10-12;1-2/h2,7-10H,3,5-6H2,1H3;1-2H3. The van der Waals surface area contributed by atoms with E-state index in [0.29, 0.717) is 0 Å². The summed E-state index contributed by atoms with van der Waals surface area (Å²) in [6, 6.07) is 8.24. The van der Waals surface area contributed by atoms with Gasteiger partial charge in [0.15, 0.2) is 0 Å². The minimum atomic E-state index is 0.968. The van der Waals surface area contributed by atoms with Gasteiger partial charge in [-0.1, -0.05) is 45.2 Å². The summed E-state index contributed by atoms with van der Waals surface area (Å²) in [7, 11) is 0. The smallest absolute Gasteiger partial charge is 0.0242 e. The van der Waals surface area contributed by atoms with Crippen LogP contribution >= 0.6 is 0 Å². The summed E-state index contributed by atoms with van der Waals surface area (Å²) in [5.74, 6) is 2.61. The fourth-order valence-corrected chi connectivity index (χ4v) is 1.15. The number of rotatable bonds is 3. The molecule has 0 amide bonds. The second-order valence-electron chi connectivity index (χ2n) is 2.94. The molecule has 0 bridgehead atoms. The Morgan fingerprint density at radius 1 is 1.14 bits per heavy atom. The van der Waals surface area contributed by atoms with Crippen LogP contribution in [-0.2, 0) is 6.42 Å². The van der Waals surface area contributed by atoms with E-state index in [1.54, 1.807) is 0 Å². The van der Waals surface area contributed by atoms with Crippen molar-refractivity contribution >= 4 is 0 Å². The maximum absolute atomic E-state index is 5.25. The molecule has 0 aliphatic carbocycles. The molecule has 0 aliphatic rings. The zero-order valence-corrected chi connectivity index (χ0v) is 9.51. The van der Waals surface area contributed by atoms with Gasteiger partial charge in [0.05, 0.1) is 0 Å². The fraction of sp³-hybridized carbons (Fsp3) is 0.429. The van der Waals surface area contributed by atoms with Gasteiger partial charge in [0.25, 0.3) is 0 Å². The van der Waals surface area contributed by atoms with Crippen molar-refractivity contribution in [3.05, 3.63) is 35.4 Å². The minimum absolute atomic E-state index is 0.968. The third-order valence-electron chi connectivity index (χ3n) is 1.94. The quantitative estimate of drug-likeness (QED) is 0.628. The summed E-state index contributed by atoms with van der Waals surface area (Å²) in [6.07, 6.45) is 8.92. The van der Waals surface area contributed by atoms with Gasteiger partial charge in [0, 0.05) is 5.56 Å². The van der Waals surface area contributed by atoms with Crippen LogP contribution in [0.5, 0.6) is 0 Å². The molecule has 0 saturated heterocycles. The Bertz CT molecular complexity index is 261. The molecule has 14 heavy (non-hydrogen) atoms. The summed E-state index contributed by atoms with van der Waals surface area (Å²) in [4.78, 5) is 0. The molecule has 1 aromatic carbocycles. The molecule has 0 radical (unpaired) electrons. The monoisotopic (exact) mass is 188 g/mol. The SMILES string of the molecule is C#Cc1ccc(CCCC)cc1.CC. The van der Waals surface area contributed by atoms with Crippen molar-refractivity contribution in [2.24, 2.45) is 0 Å². The Labute approximate surface area is 88.4 Å². The first kappa shape index (κ1) is 12.8. The first-order chi connectivity index (χ1) is 6.86. The van der Waals surface area contributed by atoms with E-state index in [1.165, 1.54) is 24.8 Å². The second-order valence-corrected chi connectivity index (χ2v) is 2.94. The largest absolute Gasteiger partial charge is 0.115 e. The number of benzene rings is 1. The van der Waals surface area contributed by atoms with Crippen LogP contribution in [-0.4, -0.2) is 0 Å². The minimum Gasteiger partial charge on any atom is -0.115 e. The van der Waals surface area contributed by atoms with Crippen LogP contribution in [0.4, 0.5) is 0 Å². The summed E-state index contributed by atoms with van der Waals surface area (Å²) >= 11 is 0. The van der Waals surface area contributed by atoms with Gasteiger partial charge in [-0.2, -0.15) is 0 Å². The average Bonchev–Trinajstić information content (AvgIpc) is 2.30. The Hall–Kier alpha value is -1.22. The maximum Gasteiger partial charge on any atom is 0.0242 e. The van der Waals surface area contributed by atoms with E-state index in [1.807, 2.05) is 26.0 Å². The molecule has 0 unspecified atom stereocenters. The van der Waals surface area contributed by atoms with Gasteiger partial charge < -0.3 is 0 Å². The van der Waals surface area contributed by atoms with Gasteiger partial charge in [0.2, 0.25) is 0 Å². The van der Waals surface area contributed by atoms with Crippen molar-refractivity contribution < 1.29 is 0 Å². The van der Waals surface area contributed by atoms with E-state index in [9.17, 15) is 0 Å². The van der Waals surface area contributed by atoms with Gasteiger partial charge in [-0.3, -0.25) is 0 Å². The van der Waals surface area contributed by atoms with Gasteiger partial charge in [-0.05, 0) is 30.5 Å². The van der Waals surface area contributed by atoms with Crippen LogP contribution in [0.15, 0.2) is 24.3 Å². The summed E-state index contributed by atoms with van der Waals surface area (Å²) < 4.78 is 0. The van der Waals surface area contributed by atoms with Crippen LogP contribution in [0.2, 0.25) is 0 Å². The Kier molecular flexibility index (Phi) is 7.65. The summed E-state index contributed by atoms with van der Waals surface area (Å²) in [5, 5.41) is 0. The number of aryl methyl sites for hydroxylation is 1. The third-order valence-corrected chi connectivity index (χ3v) is 1.94. The van der Waals surface area contributed by atoms with E-state index in [4.69, 9.17) is 6.42 Å². The maximum atomic E-state index is 5.25. The highest BCUT2D eigenvalue weighted by molar-refractivity contribution is 5.34. The molecule has 0 atom stereocenters. The predicted molar refractivity (Wildman–Crippen MR) is 64.3 cm³/mol. The van der Waals surface area contributed by atoms with Crippen LogP contribution in [0, 0.1) is 12.3 Å². The summed E-state index contributed by atoms with van der Waals surface area (Å²) in [5.41, 5.74) is 2.35. The van der Waals surface area contributed by atoms with Crippen molar-refractivity contribution in [2.45, 2.75) is 40.0 Å². The molecule has 0 spiro atoms. The topological polar surface area (TPSA) is 0 Å². The van der Waals surface area contributed by atoms with Gasteiger partial charge >= 0.3 is 0 Å². The summed E-state index contributed by atoms with van der Waals surface area (Å²) in [6.45, 7) is 6.20. The molecule has 0 heteroatoms. The van der Waals surface area contributed by atoms with Crippen molar-refractivity contribution in [3.63, 3.8) is 0 Å². The van der Waals surface area contributed by atoms with Crippen molar-refractivity contribution in [3.8, 4) is 12.3 Å². The average molecular weight is 188 g/mol. The molecule has 0 aromatic heterocycles. The van der Waals surface area contributed by atoms with Crippen molar-refractivity contribution in [2.75, 3.05) is 0 Å². The number of unbranched alkanes of at least 4 members (excludes halogenated alkanes) is 1. The van der Waals surface area contributed by atoms with E-state index in [0.717, 1.165) is 5.56 Å².